The number of carbonyl (C=O) groups is 2. The van der Waals surface area contributed by atoms with E-state index in [1.807, 2.05) is 0 Å². The van der Waals surface area contributed by atoms with E-state index >= 15 is 0 Å². The van der Waals surface area contributed by atoms with Crippen LogP contribution in [0.4, 0.5) is 0 Å². The van der Waals surface area contributed by atoms with Gasteiger partial charge in [0, 0.05) is 13.1 Å². The van der Waals surface area contributed by atoms with Crippen LogP contribution in [-0.2, 0) is 9.59 Å². The third kappa shape index (κ3) is 7.43. The number of aliphatic carboxylic acids is 2. The molecule has 82 valence electrons. The van der Waals surface area contributed by atoms with Gasteiger partial charge < -0.3 is 10.2 Å². The Hall–Kier alpha value is -1.22. The number of rotatable bonds is 7. The Balaban J connectivity index is 3.60. The van der Waals surface area contributed by atoms with Gasteiger partial charge in [0.2, 0.25) is 0 Å². The third-order valence-electron chi connectivity index (χ3n) is 1.35. The molecule has 0 saturated heterocycles. The quantitative estimate of drug-likeness (QED) is 0.265. The van der Waals surface area contributed by atoms with Crippen LogP contribution in [0.2, 0.25) is 0 Å². The second-order valence-corrected chi connectivity index (χ2v) is 2.73. The summed E-state index contributed by atoms with van der Waals surface area (Å²) >= 11 is 0. The zero-order valence-electron chi connectivity index (χ0n) is 7.59. The molecule has 0 spiro atoms. The summed E-state index contributed by atoms with van der Waals surface area (Å²) in [6.07, 6.45) is 0. The van der Waals surface area contributed by atoms with Crippen LogP contribution < -0.4 is 11.7 Å². The van der Waals surface area contributed by atoms with Gasteiger partial charge in [0.05, 0.1) is 0 Å². The van der Waals surface area contributed by atoms with Crippen molar-refractivity contribution in [2.24, 2.45) is 11.7 Å². The van der Waals surface area contributed by atoms with Crippen LogP contribution in [0.1, 0.15) is 0 Å². The molecule has 0 aromatic carbocycles. The molecule has 6 N–H and O–H groups in total. The number of hydrazine groups is 2. The van der Waals surface area contributed by atoms with Crippen molar-refractivity contribution in [3.63, 3.8) is 0 Å². The zero-order valence-corrected chi connectivity index (χ0v) is 7.59. The van der Waals surface area contributed by atoms with E-state index < -0.39 is 11.9 Å². The monoisotopic (exact) mass is 206 g/mol. The lowest BCUT2D eigenvalue weighted by Crippen LogP contribution is -2.45. The first kappa shape index (κ1) is 12.8. The standard InChI is InChI=1S/C6H14N4O4/c7-9(3-5(11)12)1-2-10(8)4-6(13)14/h1-4,7-8H2,(H,11,12)(H,13,14). The average molecular weight is 206 g/mol. The molecule has 0 amide bonds. The van der Waals surface area contributed by atoms with Crippen molar-refractivity contribution in [2.45, 2.75) is 0 Å². The summed E-state index contributed by atoms with van der Waals surface area (Å²) in [4.78, 5) is 20.3. The maximum absolute atomic E-state index is 10.2. The van der Waals surface area contributed by atoms with Gasteiger partial charge >= 0.3 is 11.9 Å². The molecule has 0 aliphatic rings. The fourth-order valence-electron chi connectivity index (χ4n) is 0.762. The van der Waals surface area contributed by atoms with E-state index in [9.17, 15) is 9.59 Å². The van der Waals surface area contributed by atoms with Gasteiger partial charge in [-0.2, -0.15) is 0 Å². The van der Waals surface area contributed by atoms with E-state index in [0.29, 0.717) is 0 Å². The first-order chi connectivity index (χ1) is 6.41. The lowest BCUT2D eigenvalue weighted by molar-refractivity contribution is -0.140. The van der Waals surface area contributed by atoms with Crippen molar-refractivity contribution < 1.29 is 19.8 Å². The number of nitrogens with zero attached hydrogens (tertiary/aromatic N) is 2. The SMILES string of the molecule is NN(CCN(N)CC(=O)O)CC(=O)O. The molecule has 0 aromatic rings. The Labute approximate surface area is 80.6 Å². The molecular weight excluding hydrogens is 192 g/mol. The molecule has 0 aliphatic carbocycles. The molecule has 8 nitrogen and oxygen atoms in total. The Morgan fingerprint density at radius 2 is 1.21 bits per heavy atom. The lowest BCUT2D eigenvalue weighted by atomic mass is 10.5. The number of carboxylic acid groups (broad SMARTS) is 2. The molecule has 8 heteroatoms. The molecule has 0 atom stereocenters. The van der Waals surface area contributed by atoms with Crippen molar-refractivity contribution in [1.82, 2.24) is 10.0 Å². The van der Waals surface area contributed by atoms with Crippen LogP contribution in [-0.4, -0.2) is 58.3 Å². The largest absolute Gasteiger partial charge is 0.480 e. The molecule has 0 aliphatic heterocycles. The van der Waals surface area contributed by atoms with Crippen molar-refractivity contribution in [2.75, 3.05) is 26.2 Å². The summed E-state index contributed by atoms with van der Waals surface area (Å²) in [6.45, 7) is -0.228. The third-order valence-corrected chi connectivity index (χ3v) is 1.35. The molecular formula is C6H14N4O4. The van der Waals surface area contributed by atoms with Gasteiger partial charge in [-0.15, -0.1) is 0 Å². The molecule has 0 radical (unpaired) electrons. The molecule has 0 unspecified atom stereocenters. The van der Waals surface area contributed by atoms with E-state index in [4.69, 9.17) is 21.9 Å². The highest BCUT2D eigenvalue weighted by Crippen LogP contribution is 1.82. The fraction of sp³-hybridized carbons (Fsp3) is 0.667. The minimum atomic E-state index is -1.05. The highest BCUT2D eigenvalue weighted by molar-refractivity contribution is 5.69. The van der Waals surface area contributed by atoms with Crippen molar-refractivity contribution in [1.29, 1.82) is 0 Å². The highest BCUT2D eigenvalue weighted by atomic mass is 16.4. The van der Waals surface area contributed by atoms with Gasteiger partial charge in [0.1, 0.15) is 13.1 Å². The summed E-state index contributed by atoms with van der Waals surface area (Å²) in [5, 5.41) is 18.8. The lowest BCUT2D eigenvalue weighted by Gasteiger charge is -2.18. The summed E-state index contributed by atoms with van der Waals surface area (Å²) in [7, 11) is 0. The zero-order chi connectivity index (χ0) is 11.1. The van der Waals surface area contributed by atoms with Gasteiger partial charge in [-0.1, -0.05) is 0 Å². The summed E-state index contributed by atoms with van der Waals surface area (Å²) < 4.78 is 0. The van der Waals surface area contributed by atoms with Gasteiger partial charge in [-0.25, -0.2) is 10.0 Å². The molecule has 0 bridgehead atoms. The first-order valence-corrected chi connectivity index (χ1v) is 3.84. The molecule has 0 saturated carbocycles. The van der Waals surface area contributed by atoms with Crippen LogP contribution >= 0.6 is 0 Å². The maximum atomic E-state index is 10.2. The topological polar surface area (TPSA) is 133 Å². The van der Waals surface area contributed by atoms with E-state index in [2.05, 4.69) is 0 Å². The van der Waals surface area contributed by atoms with Gasteiger partial charge in [0.25, 0.3) is 0 Å². The Morgan fingerprint density at radius 1 is 0.929 bits per heavy atom. The number of nitrogens with two attached hydrogens (primary N) is 2. The van der Waals surface area contributed by atoms with Crippen molar-refractivity contribution >= 4 is 11.9 Å². The minimum absolute atomic E-state index is 0.191. The first-order valence-electron chi connectivity index (χ1n) is 3.84. The summed E-state index contributed by atoms with van der Waals surface area (Å²) in [5.41, 5.74) is 0. The smallest absolute Gasteiger partial charge is 0.319 e. The molecule has 14 heavy (non-hydrogen) atoms. The number of hydrogen-bond acceptors (Lipinski definition) is 6. The minimum Gasteiger partial charge on any atom is -0.480 e. The van der Waals surface area contributed by atoms with Gasteiger partial charge in [0.15, 0.2) is 0 Å². The van der Waals surface area contributed by atoms with Crippen LogP contribution in [0.3, 0.4) is 0 Å². The van der Waals surface area contributed by atoms with Gasteiger partial charge in [-0.05, 0) is 0 Å². The van der Waals surface area contributed by atoms with E-state index in [0.717, 1.165) is 10.0 Å². The Kier molecular flexibility index (Phi) is 5.72. The fourth-order valence-corrected chi connectivity index (χ4v) is 0.762. The maximum Gasteiger partial charge on any atom is 0.319 e. The second kappa shape index (κ2) is 6.27. The van der Waals surface area contributed by atoms with E-state index in [1.165, 1.54) is 0 Å². The molecule has 0 rings (SSSR count). The average Bonchev–Trinajstić information content (AvgIpc) is 1.98. The molecule has 0 heterocycles. The predicted molar refractivity (Wildman–Crippen MR) is 46.8 cm³/mol. The number of carboxylic acids is 2. The Morgan fingerprint density at radius 3 is 1.43 bits per heavy atom. The normalized spacial score (nSPS) is 10.9. The van der Waals surface area contributed by atoms with E-state index in [1.54, 1.807) is 0 Å². The predicted octanol–water partition coefficient (Wildman–Crippen LogP) is -2.49. The summed E-state index contributed by atoms with van der Waals surface area (Å²) in [5.74, 6) is 8.46. The highest BCUT2D eigenvalue weighted by Gasteiger charge is 2.08. The molecule has 0 aromatic heterocycles. The van der Waals surface area contributed by atoms with Gasteiger partial charge in [-0.3, -0.25) is 21.3 Å². The van der Waals surface area contributed by atoms with Crippen molar-refractivity contribution in [3.8, 4) is 0 Å². The Bertz CT molecular complexity index is 188. The molecule has 0 fully saturated rings. The van der Waals surface area contributed by atoms with Crippen molar-refractivity contribution in [3.05, 3.63) is 0 Å². The van der Waals surface area contributed by atoms with Crippen LogP contribution in [0.5, 0.6) is 0 Å². The summed E-state index contributed by atoms with van der Waals surface area (Å²) in [6, 6.07) is 0. The van der Waals surface area contributed by atoms with E-state index in [-0.39, 0.29) is 26.2 Å². The van der Waals surface area contributed by atoms with Crippen LogP contribution in [0.15, 0.2) is 0 Å². The number of hydrogen-bond donors (Lipinski definition) is 4. The van der Waals surface area contributed by atoms with Crippen LogP contribution in [0, 0.1) is 0 Å². The van der Waals surface area contributed by atoms with Crippen LogP contribution in [0.25, 0.3) is 0 Å². The second-order valence-electron chi connectivity index (χ2n) is 2.73.